The average molecular weight is 282 g/mol. The highest BCUT2D eigenvalue weighted by Gasteiger charge is 2.25. The molecule has 1 fully saturated rings. The van der Waals surface area contributed by atoms with Crippen LogP contribution in [0.4, 0.5) is 10.5 Å². The monoisotopic (exact) mass is 282 g/mol. The highest BCUT2D eigenvalue weighted by Crippen LogP contribution is 2.25. The van der Waals surface area contributed by atoms with E-state index in [1.54, 1.807) is 0 Å². The van der Waals surface area contributed by atoms with Gasteiger partial charge in [-0.25, -0.2) is 4.79 Å². The summed E-state index contributed by atoms with van der Waals surface area (Å²) in [6.45, 7) is 3.03. The Labute approximate surface area is 125 Å². The van der Waals surface area contributed by atoms with E-state index >= 15 is 0 Å². The van der Waals surface area contributed by atoms with Crippen LogP contribution in [0.15, 0.2) is 42.5 Å². The van der Waals surface area contributed by atoms with E-state index in [0.29, 0.717) is 6.04 Å². The zero-order chi connectivity index (χ0) is 14.7. The number of carbonyl (C=O) groups excluding carboxylic acids is 1. The first-order valence-corrected chi connectivity index (χ1v) is 7.85. The second-order valence-corrected chi connectivity index (χ2v) is 5.71. The van der Waals surface area contributed by atoms with Crippen molar-refractivity contribution < 1.29 is 4.79 Å². The number of nitrogens with one attached hydrogen (secondary N) is 1. The van der Waals surface area contributed by atoms with Crippen molar-refractivity contribution in [2.24, 2.45) is 0 Å². The Morgan fingerprint density at radius 3 is 2.86 bits per heavy atom. The van der Waals surface area contributed by atoms with E-state index in [0.717, 1.165) is 42.3 Å². The normalized spacial score (nSPS) is 18.7. The predicted octanol–water partition coefficient (Wildman–Crippen LogP) is 4.64. The van der Waals surface area contributed by atoms with E-state index in [1.165, 1.54) is 6.42 Å². The molecule has 0 aliphatic carbocycles. The van der Waals surface area contributed by atoms with E-state index < -0.39 is 0 Å². The summed E-state index contributed by atoms with van der Waals surface area (Å²) in [5.74, 6) is 0. The Balaban J connectivity index is 1.83. The van der Waals surface area contributed by atoms with Crippen molar-refractivity contribution in [1.82, 2.24) is 4.90 Å². The molecule has 0 radical (unpaired) electrons. The summed E-state index contributed by atoms with van der Waals surface area (Å²) in [5.41, 5.74) is 0.901. The maximum Gasteiger partial charge on any atom is 0.322 e. The lowest BCUT2D eigenvalue weighted by Crippen LogP contribution is -2.45. The number of fused-ring (bicyclic) bond motifs is 1. The SMILES string of the molecule is CC[C@@H]1CCCCN1C(=O)Nc1cccc2ccccc12. The lowest BCUT2D eigenvalue weighted by atomic mass is 10.0. The van der Waals surface area contributed by atoms with Gasteiger partial charge < -0.3 is 10.2 Å². The Bertz CT molecular complexity index is 633. The van der Waals surface area contributed by atoms with Gasteiger partial charge in [-0.3, -0.25) is 0 Å². The number of likely N-dealkylation sites (tertiary alicyclic amines) is 1. The zero-order valence-corrected chi connectivity index (χ0v) is 12.5. The predicted molar refractivity (Wildman–Crippen MR) is 87.6 cm³/mol. The van der Waals surface area contributed by atoms with Crippen LogP contribution in [0.1, 0.15) is 32.6 Å². The third-order valence-electron chi connectivity index (χ3n) is 4.39. The van der Waals surface area contributed by atoms with Gasteiger partial charge >= 0.3 is 6.03 Å². The maximum atomic E-state index is 12.6. The topological polar surface area (TPSA) is 32.3 Å². The van der Waals surface area contributed by atoms with Crippen molar-refractivity contribution in [2.75, 3.05) is 11.9 Å². The first kappa shape index (κ1) is 13.9. The molecule has 0 saturated carbocycles. The van der Waals surface area contributed by atoms with E-state index in [4.69, 9.17) is 0 Å². The summed E-state index contributed by atoms with van der Waals surface area (Å²) in [4.78, 5) is 14.6. The lowest BCUT2D eigenvalue weighted by Gasteiger charge is -2.35. The molecule has 1 aliphatic rings. The number of rotatable bonds is 2. The fourth-order valence-corrected chi connectivity index (χ4v) is 3.21. The molecule has 1 heterocycles. The molecule has 0 unspecified atom stereocenters. The summed E-state index contributed by atoms with van der Waals surface area (Å²) < 4.78 is 0. The molecule has 3 nitrogen and oxygen atoms in total. The van der Waals surface area contributed by atoms with Gasteiger partial charge in [-0.2, -0.15) is 0 Å². The second kappa shape index (κ2) is 6.17. The van der Waals surface area contributed by atoms with Crippen LogP contribution in [0.25, 0.3) is 10.8 Å². The van der Waals surface area contributed by atoms with Crippen LogP contribution in [0, 0.1) is 0 Å². The molecule has 21 heavy (non-hydrogen) atoms. The Hall–Kier alpha value is -2.03. The third kappa shape index (κ3) is 2.87. The molecule has 3 rings (SSSR count). The van der Waals surface area contributed by atoms with Crippen molar-refractivity contribution in [1.29, 1.82) is 0 Å². The molecule has 2 aromatic rings. The van der Waals surface area contributed by atoms with Gasteiger partial charge in [0.15, 0.2) is 0 Å². The molecule has 110 valence electrons. The summed E-state index contributed by atoms with van der Waals surface area (Å²) in [7, 11) is 0. The number of urea groups is 1. The van der Waals surface area contributed by atoms with E-state index in [1.807, 2.05) is 29.2 Å². The molecule has 1 aliphatic heterocycles. The number of piperidine rings is 1. The van der Waals surface area contributed by atoms with Crippen LogP contribution in [0.3, 0.4) is 0 Å². The van der Waals surface area contributed by atoms with Gasteiger partial charge in [-0.15, -0.1) is 0 Å². The molecule has 3 heteroatoms. The van der Waals surface area contributed by atoms with Gasteiger partial charge in [0.2, 0.25) is 0 Å². The van der Waals surface area contributed by atoms with Gasteiger partial charge in [0.25, 0.3) is 0 Å². The highest BCUT2D eigenvalue weighted by molar-refractivity contribution is 6.01. The standard InChI is InChI=1S/C18H22N2O/c1-2-15-10-5-6-13-20(15)18(21)19-17-12-7-9-14-8-3-4-11-16(14)17/h3-4,7-9,11-12,15H,2,5-6,10,13H2,1H3,(H,19,21)/t15-/m1/s1. The molecule has 1 saturated heterocycles. The van der Waals surface area contributed by atoms with Crippen LogP contribution >= 0.6 is 0 Å². The van der Waals surface area contributed by atoms with E-state index in [-0.39, 0.29) is 6.03 Å². The van der Waals surface area contributed by atoms with Crippen LogP contribution in [-0.4, -0.2) is 23.5 Å². The van der Waals surface area contributed by atoms with Crippen molar-refractivity contribution in [2.45, 2.75) is 38.6 Å². The summed E-state index contributed by atoms with van der Waals surface area (Å²) in [6, 6.07) is 14.6. The van der Waals surface area contributed by atoms with Gasteiger partial charge in [-0.1, -0.05) is 43.3 Å². The Kier molecular flexibility index (Phi) is 4.09. The van der Waals surface area contributed by atoms with Crippen LogP contribution in [-0.2, 0) is 0 Å². The fraction of sp³-hybridized carbons (Fsp3) is 0.389. The van der Waals surface area contributed by atoms with Gasteiger partial charge in [-0.05, 0) is 37.1 Å². The first-order valence-electron chi connectivity index (χ1n) is 7.85. The lowest BCUT2D eigenvalue weighted by molar-refractivity contribution is 0.160. The van der Waals surface area contributed by atoms with Crippen LogP contribution in [0.2, 0.25) is 0 Å². The van der Waals surface area contributed by atoms with Crippen LogP contribution in [0.5, 0.6) is 0 Å². The summed E-state index contributed by atoms with van der Waals surface area (Å²) >= 11 is 0. The highest BCUT2D eigenvalue weighted by atomic mass is 16.2. The number of benzene rings is 2. The number of nitrogens with zero attached hydrogens (tertiary/aromatic N) is 1. The molecule has 0 spiro atoms. The minimum Gasteiger partial charge on any atom is -0.322 e. The van der Waals surface area contributed by atoms with E-state index in [9.17, 15) is 4.79 Å². The minimum atomic E-state index is 0.0397. The zero-order valence-electron chi connectivity index (χ0n) is 12.5. The molecule has 0 aromatic heterocycles. The van der Waals surface area contributed by atoms with Crippen LogP contribution < -0.4 is 5.32 Å². The van der Waals surface area contributed by atoms with Gasteiger partial charge in [0, 0.05) is 18.0 Å². The molecular formula is C18H22N2O. The van der Waals surface area contributed by atoms with Gasteiger partial charge in [0.1, 0.15) is 0 Å². The van der Waals surface area contributed by atoms with Crippen molar-refractivity contribution in [3.05, 3.63) is 42.5 Å². The van der Waals surface area contributed by atoms with Crippen molar-refractivity contribution in [3.63, 3.8) is 0 Å². The largest absolute Gasteiger partial charge is 0.322 e. The summed E-state index contributed by atoms with van der Waals surface area (Å²) in [6.07, 6.45) is 4.50. The quantitative estimate of drug-likeness (QED) is 0.855. The Morgan fingerprint density at radius 2 is 2.00 bits per heavy atom. The van der Waals surface area contributed by atoms with Crippen molar-refractivity contribution in [3.8, 4) is 0 Å². The third-order valence-corrected chi connectivity index (χ3v) is 4.39. The smallest absolute Gasteiger partial charge is 0.322 e. The Morgan fingerprint density at radius 1 is 1.19 bits per heavy atom. The number of carbonyl (C=O) groups is 1. The minimum absolute atomic E-state index is 0.0397. The number of amides is 2. The average Bonchev–Trinajstić information content (AvgIpc) is 2.55. The second-order valence-electron chi connectivity index (χ2n) is 5.71. The van der Waals surface area contributed by atoms with Crippen molar-refractivity contribution >= 4 is 22.5 Å². The van der Waals surface area contributed by atoms with Gasteiger partial charge in [0.05, 0.1) is 5.69 Å². The van der Waals surface area contributed by atoms with E-state index in [2.05, 4.69) is 30.4 Å². The fourth-order valence-electron chi connectivity index (χ4n) is 3.21. The number of hydrogen-bond donors (Lipinski definition) is 1. The number of anilines is 1. The molecule has 2 amide bonds. The molecular weight excluding hydrogens is 260 g/mol. The maximum absolute atomic E-state index is 12.6. The molecule has 1 N–H and O–H groups in total. The first-order chi connectivity index (χ1) is 10.3. The molecule has 2 aromatic carbocycles. The molecule has 0 bridgehead atoms. The summed E-state index contributed by atoms with van der Waals surface area (Å²) in [5, 5.41) is 5.36. The molecule has 1 atom stereocenters. The number of hydrogen-bond acceptors (Lipinski definition) is 1.